The maximum atomic E-state index is 13.6. The fourth-order valence-corrected chi connectivity index (χ4v) is 4.09. The van der Waals surface area contributed by atoms with Gasteiger partial charge < -0.3 is 4.42 Å². The minimum absolute atomic E-state index is 0.0300. The molecule has 3 aromatic carbocycles. The summed E-state index contributed by atoms with van der Waals surface area (Å²) in [7, 11) is -3.95. The highest BCUT2D eigenvalue weighted by molar-refractivity contribution is 7.91. The third-order valence-corrected chi connectivity index (χ3v) is 5.86. The zero-order chi connectivity index (χ0) is 19.7. The highest BCUT2D eigenvalue weighted by atomic mass is 32.2. The van der Waals surface area contributed by atoms with E-state index in [1.807, 2.05) is 0 Å². The van der Waals surface area contributed by atoms with Crippen molar-refractivity contribution in [2.75, 3.05) is 0 Å². The van der Waals surface area contributed by atoms with E-state index in [0.29, 0.717) is 11.0 Å². The zero-order valence-corrected chi connectivity index (χ0v) is 15.2. The Hall–Kier alpha value is -3.32. The first kappa shape index (κ1) is 18.1. The van der Waals surface area contributed by atoms with Crippen molar-refractivity contribution in [1.82, 2.24) is 0 Å². The predicted molar refractivity (Wildman–Crippen MR) is 99.7 cm³/mol. The number of fused-ring (bicyclic) bond motifs is 1. The van der Waals surface area contributed by atoms with Gasteiger partial charge in [-0.05, 0) is 36.4 Å². The lowest BCUT2D eigenvalue weighted by Gasteiger charge is -2.07. The summed E-state index contributed by atoms with van der Waals surface area (Å²) in [5, 5.41) is 0.571. The lowest BCUT2D eigenvalue weighted by molar-refractivity contribution is 0.506. The van der Waals surface area contributed by atoms with Crippen LogP contribution in [-0.2, 0) is 9.84 Å². The van der Waals surface area contributed by atoms with Crippen molar-refractivity contribution in [2.24, 2.45) is 4.99 Å². The number of benzene rings is 3. The molecule has 140 valence electrons. The summed E-state index contributed by atoms with van der Waals surface area (Å²) in [6, 6.07) is 19.2. The summed E-state index contributed by atoms with van der Waals surface area (Å²) in [6.07, 6.45) is 0. The SMILES string of the molecule is O=S(=O)(c1ccccc1)c1cc2ccccc2oc1=Nc1ccc(F)c(F)c1. The second-order valence-electron chi connectivity index (χ2n) is 5.98. The quantitative estimate of drug-likeness (QED) is 0.500. The smallest absolute Gasteiger partial charge is 0.239 e. The molecule has 0 N–H and O–H groups in total. The minimum Gasteiger partial charge on any atom is -0.437 e. The Balaban J connectivity index is 2.03. The van der Waals surface area contributed by atoms with E-state index >= 15 is 0 Å². The predicted octanol–water partition coefficient (Wildman–Crippen LogP) is 4.78. The van der Waals surface area contributed by atoms with Crippen molar-refractivity contribution in [3.8, 4) is 0 Å². The zero-order valence-electron chi connectivity index (χ0n) is 14.3. The molecule has 0 spiro atoms. The lowest BCUT2D eigenvalue weighted by Crippen LogP contribution is -2.15. The van der Waals surface area contributed by atoms with Crippen molar-refractivity contribution < 1.29 is 21.6 Å². The van der Waals surface area contributed by atoms with E-state index in [-0.39, 0.29) is 21.0 Å². The molecular formula is C21H13F2NO3S. The van der Waals surface area contributed by atoms with Gasteiger partial charge in [-0.25, -0.2) is 22.2 Å². The van der Waals surface area contributed by atoms with Crippen LogP contribution in [-0.4, -0.2) is 8.42 Å². The van der Waals surface area contributed by atoms with E-state index < -0.39 is 21.5 Å². The Morgan fingerprint density at radius 3 is 2.25 bits per heavy atom. The summed E-state index contributed by atoms with van der Waals surface area (Å²) in [4.78, 5) is 4.04. The number of nitrogens with zero attached hydrogens (tertiary/aromatic N) is 1. The molecule has 0 saturated heterocycles. The number of para-hydroxylation sites is 1. The number of sulfone groups is 1. The number of hydrogen-bond acceptors (Lipinski definition) is 4. The molecule has 4 aromatic rings. The second kappa shape index (κ2) is 7.01. The van der Waals surface area contributed by atoms with Crippen LogP contribution in [0.3, 0.4) is 0 Å². The van der Waals surface area contributed by atoms with Crippen molar-refractivity contribution in [2.45, 2.75) is 9.79 Å². The molecular weight excluding hydrogens is 384 g/mol. The van der Waals surface area contributed by atoms with E-state index in [9.17, 15) is 17.2 Å². The Morgan fingerprint density at radius 2 is 1.50 bits per heavy atom. The molecule has 7 heteroatoms. The molecule has 0 radical (unpaired) electrons. The van der Waals surface area contributed by atoms with Gasteiger partial charge in [-0.15, -0.1) is 0 Å². The molecule has 0 amide bonds. The fourth-order valence-electron chi connectivity index (χ4n) is 2.72. The molecule has 0 fully saturated rings. The third-order valence-electron chi connectivity index (χ3n) is 4.10. The maximum absolute atomic E-state index is 13.6. The monoisotopic (exact) mass is 397 g/mol. The van der Waals surface area contributed by atoms with Gasteiger partial charge in [0, 0.05) is 11.5 Å². The minimum atomic E-state index is -3.95. The molecule has 1 heterocycles. The second-order valence-corrected chi connectivity index (χ2v) is 7.90. The molecule has 0 atom stereocenters. The fraction of sp³-hybridized carbons (Fsp3) is 0. The Kier molecular flexibility index (Phi) is 4.52. The first-order valence-corrected chi connectivity index (χ1v) is 9.76. The van der Waals surface area contributed by atoms with Gasteiger partial charge in [0.15, 0.2) is 11.6 Å². The summed E-state index contributed by atoms with van der Waals surface area (Å²) < 4.78 is 58.8. The van der Waals surface area contributed by atoms with Crippen LogP contribution in [0.2, 0.25) is 0 Å². The van der Waals surface area contributed by atoms with Crippen molar-refractivity contribution >= 4 is 26.5 Å². The summed E-state index contributed by atoms with van der Waals surface area (Å²) in [5.74, 6) is -2.11. The summed E-state index contributed by atoms with van der Waals surface area (Å²) >= 11 is 0. The van der Waals surface area contributed by atoms with Gasteiger partial charge in [0.1, 0.15) is 10.5 Å². The van der Waals surface area contributed by atoms with Gasteiger partial charge in [0.2, 0.25) is 15.4 Å². The van der Waals surface area contributed by atoms with E-state index in [2.05, 4.69) is 4.99 Å². The van der Waals surface area contributed by atoms with Crippen LogP contribution < -0.4 is 5.55 Å². The van der Waals surface area contributed by atoms with Crippen LogP contribution in [0.4, 0.5) is 14.5 Å². The Morgan fingerprint density at radius 1 is 0.786 bits per heavy atom. The molecule has 0 aliphatic carbocycles. The van der Waals surface area contributed by atoms with Gasteiger partial charge in [-0.1, -0.05) is 36.4 Å². The number of halogens is 2. The molecule has 0 bridgehead atoms. The van der Waals surface area contributed by atoms with E-state index in [0.717, 1.165) is 12.1 Å². The highest BCUT2D eigenvalue weighted by Crippen LogP contribution is 2.23. The summed E-state index contributed by atoms with van der Waals surface area (Å²) in [5.41, 5.74) is 0.229. The van der Waals surface area contributed by atoms with Crippen LogP contribution in [0, 0.1) is 11.6 Å². The molecule has 0 saturated carbocycles. The van der Waals surface area contributed by atoms with Gasteiger partial charge in [-0.2, -0.15) is 0 Å². The molecule has 0 aliphatic rings. The van der Waals surface area contributed by atoms with Crippen LogP contribution in [0.5, 0.6) is 0 Å². The molecule has 4 nitrogen and oxygen atoms in total. The molecule has 1 aromatic heterocycles. The standard InChI is InChI=1S/C21H13F2NO3S/c22-17-11-10-15(13-18(17)23)24-21-20(12-14-6-4-5-9-19(14)27-21)28(25,26)16-7-2-1-3-8-16/h1-13H. The first-order valence-electron chi connectivity index (χ1n) is 8.28. The van der Waals surface area contributed by atoms with Crippen LogP contribution >= 0.6 is 0 Å². The van der Waals surface area contributed by atoms with Crippen molar-refractivity contribution in [3.63, 3.8) is 0 Å². The third kappa shape index (κ3) is 3.32. The van der Waals surface area contributed by atoms with Crippen molar-refractivity contribution in [3.05, 3.63) is 96.1 Å². The number of hydrogen-bond donors (Lipinski definition) is 0. The van der Waals surface area contributed by atoms with E-state index in [4.69, 9.17) is 4.42 Å². The lowest BCUT2D eigenvalue weighted by atomic mass is 10.2. The van der Waals surface area contributed by atoms with Gasteiger partial charge >= 0.3 is 0 Å². The molecule has 0 unspecified atom stereocenters. The average molecular weight is 397 g/mol. The van der Waals surface area contributed by atoms with Crippen LogP contribution in [0.1, 0.15) is 0 Å². The number of rotatable bonds is 3. The largest absolute Gasteiger partial charge is 0.437 e. The Labute approximate surface area is 159 Å². The van der Waals surface area contributed by atoms with Gasteiger partial charge in [0.05, 0.1) is 10.6 Å². The van der Waals surface area contributed by atoms with Crippen LogP contribution in [0.25, 0.3) is 11.0 Å². The first-order chi connectivity index (χ1) is 13.4. The Bertz CT molecular complexity index is 1350. The van der Waals surface area contributed by atoms with Gasteiger partial charge in [-0.3, -0.25) is 0 Å². The average Bonchev–Trinajstić information content (AvgIpc) is 2.71. The normalized spacial score (nSPS) is 12.4. The van der Waals surface area contributed by atoms with Gasteiger partial charge in [0.25, 0.3) is 0 Å². The van der Waals surface area contributed by atoms with Crippen molar-refractivity contribution in [1.29, 1.82) is 0 Å². The molecule has 4 rings (SSSR count). The van der Waals surface area contributed by atoms with Crippen LogP contribution in [0.15, 0.2) is 98.1 Å². The maximum Gasteiger partial charge on any atom is 0.239 e. The summed E-state index contributed by atoms with van der Waals surface area (Å²) in [6.45, 7) is 0. The molecule has 0 aliphatic heterocycles. The van der Waals surface area contributed by atoms with E-state index in [1.54, 1.807) is 42.5 Å². The highest BCUT2D eigenvalue weighted by Gasteiger charge is 2.22. The topological polar surface area (TPSA) is 59.6 Å². The molecule has 28 heavy (non-hydrogen) atoms. The van der Waals surface area contributed by atoms with E-state index in [1.165, 1.54) is 24.3 Å².